The minimum atomic E-state index is -0.695. The molecular weight excluding hydrogens is 268 g/mol. The van der Waals surface area contributed by atoms with Gasteiger partial charge >= 0.3 is 5.69 Å². The third-order valence-electron chi connectivity index (χ3n) is 2.54. The maximum absolute atomic E-state index is 10.5. The number of hydrogen-bond donors (Lipinski definition) is 2. The number of rotatable bonds is 8. The van der Waals surface area contributed by atoms with E-state index in [1.165, 1.54) is 17.3 Å². The zero-order chi connectivity index (χ0) is 14.4. The van der Waals surface area contributed by atoms with Gasteiger partial charge in [-0.15, -0.1) is 0 Å². The van der Waals surface area contributed by atoms with Crippen molar-refractivity contribution in [2.24, 2.45) is 0 Å². The first kappa shape index (κ1) is 14.1. The van der Waals surface area contributed by atoms with Crippen LogP contribution in [0.15, 0.2) is 23.3 Å². The van der Waals surface area contributed by atoms with Gasteiger partial charge in [0.15, 0.2) is 5.82 Å². The van der Waals surface area contributed by atoms with Crippen LogP contribution in [0, 0.1) is 10.1 Å². The summed E-state index contributed by atoms with van der Waals surface area (Å²) in [6, 6.07) is 0. The van der Waals surface area contributed by atoms with Crippen molar-refractivity contribution in [2.75, 3.05) is 13.1 Å². The van der Waals surface area contributed by atoms with Crippen LogP contribution in [0.5, 0.6) is 0 Å². The Morgan fingerprint density at radius 2 is 2.45 bits per heavy atom. The standard InChI is InChI=1S/C10H14N6O4/c17-9(4-11-2-1-10-12-7-20-14-10)6-15-5-8(3-13-15)16(18)19/h3,5,7,9,11,17H,1-2,4,6H2. The molecule has 0 saturated carbocycles. The maximum atomic E-state index is 10.5. The second-order valence-electron chi connectivity index (χ2n) is 4.13. The first-order valence-electron chi connectivity index (χ1n) is 5.96. The summed E-state index contributed by atoms with van der Waals surface area (Å²) in [4.78, 5) is 13.8. The van der Waals surface area contributed by atoms with Crippen LogP contribution in [0.1, 0.15) is 5.82 Å². The van der Waals surface area contributed by atoms with E-state index in [9.17, 15) is 15.2 Å². The van der Waals surface area contributed by atoms with Crippen LogP contribution < -0.4 is 5.32 Å². The van der Waals surface area contributed by atoms with Gasteiger partial charge in [-0.25, -0.2) is 0 Å². The molecule has 10 nitrogen and oxygen atoms in total. The number of aromatic nitrogens is 4. The van der Waals surface area contributed by atoms with E-state index in [-0.39, 0.29) is 12.2 Å². The lowest BCUT2D eigenvalue weighted by Crippen LogP contribution is -2.31. The average molecular weight is 282 g/mol. The highest BCUT2D eigenvalue weighted by atomic mass is 16.6. The molecule has 1 unspecified atom stereocenters. The molecule has 0 saturated heterocycles. The smallest absolute Gasteiger partial charge is 0.306 e. The lowest BCUT2D eigenvalue weighted by Gasteiger charge is -2.10. The second kappa shape index (κ2) is 6.73. The predicted octanol–water partition coefficient (Wildman–Crippen LogP) is -0.632. The molecule has 2 rings (SSSR count). The molecule has 2 heterocycles. The monoisotopic (exact) mass is 282 g/mol. The van der Waals surface area contributed by atoms with Gasteiger partial charge in [0.05, 0.1) is 17.6 Å². The first-order chi connectivity index (χ1) is 9.65. The Balaban J connectivity index is 1.66. The van der Waals surface area contributed by atoms with E-state index in [0.717, 1.165) is 6.20 Å². The van der Waals surface area contributed by atoms with Crippen molar-refractivity contribution >= 4 is 5.69 Å². The number of aliphatic hydroxyl groups is 1. The summed E-state index contributed by atoms with van der Waals surface area (Å²) >= 11 is 0. The fourth-order valence-electron chi connectivity index (χ4n) is 1.60. The van der Waals surface area contributed by atoms with Crippen molar-refractivity contribution in [3.05, 3.63) is 34.7 Å². The Hall–Kier alpha value is -2.33. The van der Waals surface area contributed by atoms with Crippen molar-refractivity contribution in [1.82, 2.24) is 25.2 Å². The van der Waals surface area contributed by atoms with Crippen LogP contribution in [0.4, 0.5) is 5.69 Å². The summed E-state index contributed by atoms with van der Waals surface area (Å²) < 4.78 is 5.93. The van der Waals surface area contributed by atoms with Crippen molar-refractivity contribution < 1.29 is 14.6 Å². The molecule has 0 aliphatic heterocycles. The van der Waals surface area contributed by atoms with Crippen LogP contribution >= 0.6 is 0 Å². The van der Waals surface area contributed by atoms with Gasteiger partial charge in [-0.2, -0.15) is 10.1 Å². The van der Waals surface area contributed by atoms with Gasteiger partial charge in [0.1, 0.15) is 12.4 Å². The van der Waals surface area contributed by atoms with E-state index in [4.69, 9.17) is 0 Å². The number of nitrogens with zero attached hydrogens (tertiary/aromatic N) is 5. The molecule has 2 aromatic rings. The summed E-state index contributed by atoms with van der Waals surface area (Å²) in [6.07, 6.45) is 3.59. The third kappa shape index (κ3) is 4.10. The van der Waals surface area contributed by atoms with E-state index >= 15 is 0 Å². The van der Waals surface area contributed by atoms with Gasteiger partial charge in [-0.3, -0.25) is 14.8 Å². The lowest BCUT2D eigenvalue weighted by atomic mass is 10.3. The topological polar surface area (TPSA) is 132 Å². The van der Waals surface area contributed by atoms with Gasteiger partial charge in [0.25, 0.3) is 0 Å². The number of nitro groups is 1. The van der Waals surface area contributed by atoms with Crippen molar-refractivity contribution in [3.63, 3.8) is 0 Å². The molecule has 0 aliphatic rings. The fourth-order valence-corrected chi connectivity index (χ4v) is 1.60. The molecule has 108 valence electrons. The Morgan fingerprint density at radius 3 is 3.10 bits per heavy atom. The van der Waals surface area contributed by atoms with Gasteiger partial charge < -0.3 is 14.9 Å². The van der Waals surface area contributed by atoms with E-state index < -0.39 is 11.0 Å². The van der Waals surface area contributed by atoms with Crippen LogP contribution in [-0.2, 0) is 13.0 Å². The maximum Gasteiger partial charge on any atom is 0.306 e. The molecule has 20 heavy (non-hydrogen) atoms. The first-order valence-corrected chi connectivity index (χ1v) is 5.96. The summed E-state index contributed by atoms with van der Waals surface area (Å²) in [7, 11) is 0. The molecule has 0 amide bonds. The van der Waals surface area contributed by atoms with E-state index in [1.807, 2.05) is 0 Å². The van der Waals surface area contributed by atoms with E-state index in [1.54, 1.807) is 0 Å². The van der Waals surface area contributed by atoms with Crippen LogP contribution in [-0.4, -0.2) is 49.1 Å². The molecule has 0 aliphatic carbocycles. The van der Waals surface area contributed by atoms with Crippen molar-refractivity contribution in [2.45, 2.75) is 19.1 Å². The molecule has 0 bridgehead atoms. The molecular formula is C10H14N6O4. The molecule has 0 radical (unpaired) electrons. The van der Waals surface area contributed by atoms with Crippen LogP contribution in [0.3, 0.4) is 0 Å². The largest absolute Gasteiger partial charge is 0.390 e. The Morgan fingerprint density at radius 1 is 1.60 bits per heavy atom. The van der Waals surface area contributed by atoms with Crippen LogP contribution in [0.25, 0.3) is 0 Å². The molecule has 2 aromatic heterocycles. The Labute approximate surface area is 113 Å². The highest BCUT2D eigenvalue weighted by Gasteiger charge is 2.11. The Kier molecular flexibility index (Phi) is 4.74. The average Bonchev–Trinajstić information content (AvgIpc) is 3.05. The van der Waals surface area contributed by atoms with Crippen molar-refractivity contribution in [3.8, 4) is 0 Å². The quantitative estimate of drug-likeness (QED) is 0.371. The molecule has 0 aromatic carbocycles. The SMILES string of the molecule is O=[N+]([O-])c1cnn(CC(O)CNCCc2ncon2)c1. The van der Waals surface area contributed by atoms with Crippen molar-refractivity contribution in [1.29, 1.82) is 0 Å². The minimum Gasteiger partial charge on any atom is -0.390 e. The predicted molar refractivity (Wildman–Crippen MR) is 65.8 cm³/mol. The van der Waals surface area contributed by atoms with Gasteiger partial charge in [0.2, 0.25) is 6.39 Å². The summed E-state index contributed by atoms with van der Waals surface area (Å²) in [6.45, 7) is 1.12. The van der Waals surface area contributed by atoms with Gasteiger partial charge in [0, 0.05) is 19.5 Å². The fraction of sp³-hybridized carbons (Fsp3) is 0.500. The normalized spacial score (nSPS) is 12.4. The number of hydrogen-bond acceptors (Lipinski definition) is 8. The molecule has 2 N–H and O–H groups in total. The molecule has 1 atom stereocenters. The zero-order valence-corrected chi connectivity index (χ0v) is 10.5. The molecule has 0 fully saturated rings. The molecule has 10 heteroatoms. The number of nitrogens with one attached hydrogen (secondary N) is 1. The molecule has 0 spiro atoms. The summed E-state index contributed by atoms with van der Waals surface area (Å²) in [5.74, 6) is 0.592. The Bertz CT molecular complexity index is 540. The second-order valence-corrected chi connectivity index (χ2v) is 4.13. The highest BCUT2D eigenvalue weighted by Crippen LogP contribution is 2.07. The number of aliphatic hydroxyl groups excluding tert-OH is 1. The van der Waals surface area contributed by atoms with E-state index in [0.29, 0.717) is 25.3 Å². The van der Waals surface area contributed by atoms with Gasteiger partial charge in [-0.1, -0.05) is 5.16 Å². The van der Waals surface area contributed by atoms with Gasteiger partial charge in [-0.05, 0) is 0 Å². The van der Waals surface area contributed by atoms with E-state index in [2.05, 4.69) is 25.1 Å². The minimum absolute atomic E-state index is 0.0951. The summed E-state index contributed by atoms with van der Waals surface area (Å²) in [5, 5.41) is 30.7. The lowest BCUT2D eigenvalue weighted by molar-refractivity contribution is -0.385. The zero-order valence-electron chi connectivity index (χ0n) is 10.5. The third-order valence-corrected chi connectivity index (χ3v) is 2.54. The summed E-state index contributed by atoms with van der Waals surface area (Å²) in [5.41, 5.74) is -0.0951. The highest BCUT2D eigenvalue weighted by molar-refractivity contribution is 5.20. The van der Waals surface area contributed by atoms with Crippen LogP contribution in [0.2, 0.25) is 0 Å².